The average Bonchev–Trinajstić information content (AvgIpc) is 2.43. The van der Waals surface area contributed by atoms with Crippen LogP contribution in [0, 0.1) is 5.92 Å². The van der Waals surface area contributed by atoms with Crippen LogP contribution in [0.1, 0.15) is 33.1 Å². The highest BCUT2D eigenvalue weighted by Gasteiger charge is 2.23. The van der Waals surface area contributed by atoms with Gasteiger partial charge in [-0.1, -0.05) is 13.8 Å². The van der Waals surface area contributed by atoms with E-state index in [1.54, 1.807) is 4.90 Å². The maximum Gasteiger partial charge on any atom is 0.317 e. The molecule has 116 valence electrons. The Balaban J connectivity index is 2.20. The minimum Gasteiger partial charge on any atom is -0.481 e. The number of likely N-dealkylation sites (N-methyl/N-ethyl adjacent to an activating group) is 1. The van der Waals surface area contributed by atoms with Gasteiger partial charge in [0, 0.05) is 32.6 Å². The lowest BCUT2D eigenvalue weighted by molar-refractivity contribution is -0.138. The number of amides is 2. The van der Waals surface area contributed by atoms with Gasteiger partial charge in [-0.3, -0.25) is 4.79 Å². The molecule has 0 bridgehead atoms. The van der Waals surface area contributed by atoms with Gasteiger partial charge in [0.2, 0.25) is 0 Å². The van der Waals surface area contributed by atoms with Crippen LogP contribution in [0.3, 0.4) is 0 Å². The van der Waals surface area contributed by atoms with Crippen LogP contribution >= 0.6 is 0 Å². The molecule has 2 N–H and O–H groups in total. The molecule has 0 atom stereocenters. The first kappa shape index (κ1) is 16.8. The number of carboxylic acids is 1. The van der Waals surface area contributed by atoms with E-state index in [0.717, 1.165) is 32.5 Å². The summed E-state index contributed by atoms with van der Waals surface area (Å²) < 4.78 is 0. The van der Waals surface area contributed by atoms with Gasteiger partial charge in [-0.05, 0) is 31.8 Å². The second-order valence-electron chi connectivity index (χ2n) is 5.29. The smallest absolute Gasteiger partial charge is 0.317 e. The fourth-order valence-corrected chi connectivity index (χ4v) is 2.56. The molecular weight excluding hydrogens is 258 g/mol. The van der Waals surface area contributed by atoms with Crippen molar-refractivity contribution in [3.8, 4) is 0 Å². The van der Waals surface area contributed by atoms with E-state index in [2.05, 4.69) is 24.1 Å². The van der Waals surface area contributed by atoms with E-state index in [0.29, 0.717) is 19.6 Å². The number of carbonyl (C=O) groups excluding carboxylic acids is 1. The van der Waals surface area contributed by atoms with Crippen LogP contribution in [0.15, 0.2) is 0 Å². The molecule has 6 heteroatoms. The van der Waals surface area contributed by atoms with Gasteiger partial charge in [0.25, 0.3) is 0 Å². The van der Waals surface area contributed by atoms with Crippen molar-refractivity contribution in [1.82, 2.24) is 15.1 Å². The summed E-state index contributed by atoms with van der Waals surface area (Å²) in [6, 6.07) is -0.0223. The third kappa shape index (κ3) is 5.77. The highest BCUT2D eigenvalue weighted by atomic mass is 16.4. The predicted octanol–water partition coefficient (Wildman–Crippen LogP) is 1.22. The molecule has 0 aromatic carbocycles. The second-order valence-corrected chi connectivity index (χ2v) is 5.29. The summed E-state index contributed by atoms with van der Waals surface area (Å²) in [6.45, 7) is 9.06. The van der Waals surface area contributed by atoms with Crippen LogP contribution in [0.2, 0.25) is 0 Å². The zero-order valence-corrected chi connectivity index (χ0v) is 12.6. The van der Waals surface area contributed by atoms with Crippen molar-refractivity contribution in [3.05, 3.63) is 0 Å². The number of nitrogens with one attached hydrogen (secondary N) is 1. The number of carboxylic acid groups (broad SMARTS) is 1. The van der Waals surface area contributed by atoms with Crippen molar-refractivity contribution in [1.29, 1.82) is 0 Å². The number of likely N-dealkylation sites (tertiary alicyclic amines) is 1. The van der Waals surface area contributed by atoms with Crippen LogP contribution in [0.5, 0.6) is 0 Å². The van der Waals surface area contributed by atoms with Gasteiger partial charge >= 0.3 is 12.0 Å². The van der Waals surface area contributed by atoms with E-state index < -0.39 is 5.97 Å². The SMILES string of the molecule is CCN(CC)CCNC(=O)N1CCC(CC(=O)O)CC1. The summed E-state index contributed by atoms with van der Waals surface area (Å²) in [4.78, 5) is 26.7. The maximum atomic E-state index is 12.0. The molecule has 0 spiro atoms. The Morgan fingerprint density at radius 1 is 1.25 bits per heavy atom. The third-order valence-corrected chi connectivity index (χ3v) is 3.96. The number of carbonyl (C=O) groups is 2. The van der Waals surface area contributed by atoms with Crippen molar-refractivity contribution < 1.29 is 14.7 Å². The molecule has 0 aromatic heterocycles. The van der Waals surface area contributed by atoms with Gasteiger partial charge in [0.05, 0.1) is 0 Å². The van der Waals surface area contributed by atoms with Crippen molar-refractivity contribution in [3.63, 3.8) is 0 Å². The number of piperidine rings is 1. The molecular formula is C14H27N3O3. The molecule has 0 unspecified atom stereocenters. The van der Waals surface area contributed by atoms with Gasteiger partial charge in [-0.2, -0.15) is 0 Å². The van der Waals surface area contributed by atoms with Crippen LogP contribution in [-0.4, -0.2) is 66.2 Å². The summed E-state index contributed by atoms with van der Waals surface area (Å²) in [5.41, 5.74) is 0. The summed E-state index contributed by atoms with van der Waals surface area (Å²) in [6.07, 6.45) is 1.79. The standard InChI is InChI=1S/C14H27N3O3/c1-3-16(4-2)10-7-15-14(20)17-8-5-12(6-9-17)11-13(18)19/h12H,3-11H2,1-2H3,(H,15,20)(H,18,19). The van der Waals surface area contributed by atoms with Crippen molar-refractivity contribution >= 4 is 12.0 Å². The van der Waals surface area contributed by atoms with Gasteiger partial charge < -0.3 is 20.2 Å². The lowest BCUT2D eigenvalue weighted by atomic mass is 9.94. The number of hydrogen-bond donors (Lipinski definition) is 2. The van der Waals surface area contributed by atoms with E-state index in [1.807, 2.05) is 0 Å². The highest BCUT2D eigenvalue weighted by molar-refractivity contribution is 5.74. The first-order valence-electron chi connectivity index (χ1n) is 7.53. The van der Waals surface area contributed by atoms with Crippen LogP contribution in [-0.2, 0) is 4.79 Å². The molecule has 0 aromatic rings. The first-order chi connectivity index (χ1) is 9.56. The normalized spacial score (nSPS) is 16.4. The molecule has 0 saturated carbocycles. The fraction of sp³-hybridized carbons (Fsp3) is 0.857. The van der Waals surface area contributed by atoms with Crippen LogP contribution in [0.4, 0.5) is 4.79 Å². The minimum absolute atomic E-state index is 0.0223. The van der Waals surface area contributed by atoms with Gasteiger partial charge in [-0.15, -0.1) is 0 Å². The molecule has 20 heavy (non-hydrogen) atoms. The molecule has 1 saturated heterocycles. The Morgan fingerprint density at radius 3 is 2.35 bits per heavy atom. The number of urea groups is 1. The topological polar surface area (TPSA) is 72.9 Å². The second kappa shape index (κ2) is 8.79. The highest BCUT2D eigenvalue weighted by Crippen LogP contribution is 2.20. The molecule has 1 fully saturated rings. The molecule has 1 aliphatic heterocycles. The number of rotatable bonds is 7. The Bertz CT molecular complexity index is 311. The lowest BCUT2D eigenvalue weighted by Gasteiger charge is -2.31. The van der Waals surface area contributed by atoms with Crippen molar-refractivity contribution in [2.45, 2.75) is 33.1 Å². The Labute approximate surface area is 121 Å². The third-order valence-electron chi connectivity index (χ3n) is 3.96. The molecule has 1 rings (SSSR count). The Morgan fingerprint density at radius 2 is 1.85 bits per heavy atom. The molecule has 1 aliphatic rings. The van der Waals surface area contributed by atoms with E-state index in [4.69, 9.17) is 5.11 Å². The van der Waals surface area contributed by atoms with E-state index in [1.165, 1.54) is 0 Å². The number of hydrogen-bond acceptors (Lipinski definition) is 3. The predicted molar refractivity (Wildman–Crippen MR) is 77.7 cm³/mol. The summed E-state index contributed by atoms with van der Waals surface area (Å²) in [7, 11) is 0. The van der Waals surface area contributed by atoms with E-state index in [-0.39, 0.29) is 18.4 Å². The van der Waals surface area contributed by atoms with Crippen LogP contribution < -0.4 is 5.32 Å². The molecule has 0 radical (unpaired) electrons. The summed E-state index contributed by atoms with van der Waals surface area (Å²) in [5.74, 6) is -0.528. The largest absolute Gasteiger partial charge is 0.481 e. The Kier molecular flexibility index (Phi) is 7.36. The lowest BCUT2D eigenvalue weighted by Crippen LogP contribution is -2.46. The van der Waals surface area contributed by atoms with E-state index >= 15 is 0 Å². The maximum absolute atomic E-state index is 12.0. The zero-order chi connectivity index (χ0) is 15.0. The number of nitrogens with zero attached hydrogens (tertiary/aromatic N) is 2. The summed E-state index contributed by atoms with van der Waals surface area (Å²) >= 11 is 0. The number of aliphatic carboxylic acids is 1. The first-order valence-corrected chi connectivity index (χ1v) is 7.53. The van der Waals surface area contributed by atoms with Gasteiger partial charge in [0.1, 0.15) is 0 Å². The van der Waals surface area contributed by atoms with Crippen molar-refractivity contribution in [2.24, 2.45) is 5.92 Å². The van der Waals surface area contributed by atoms with Crippen molar-refractivity contribution in [2.75, 3.05) is 39.3 Å². The van der Waals surface area contributed by atoms with Gasteiger partial charge in [0.15, 0.2) is 0 Å². The van der Waals surface area contributed by atoms with E-state index in [9.17, 15) is 9.59 Å². The van der Waals surface area contributed by atoms with Gasteiger partial charge in [-0.25, -0.2) is 4.79 Å². The Hall–Kier alpha value is -1.30. The quantitative estimate of drug-likeness (QED) is 0.738. The zero-order valence-electron chi connectivity index (χ0n) is 12.6. The van der Waals surface area contributed by atoms with Crippen LogP contribution in [0.25, 0.3) is 0 Å². The molecule has 0 aliphatic carbocycles. The summed E-state index contributed by atoms with van der Waals surface area (Å²) in [5, 5.41) is 11.7. The molecule has 2 amide bonds. The minimum atomic E-state index is -0.743. The monoisotopic (exact) mass is 285 g/mol. The fourth-order valence-electron chi connectivity index (χ4n) is 2.56. The average molecular weight is 285 g/mol. The molecule has 1 heterocycles. The molecule has 6 nitrogen and oxygen atoms in total.